The molecule has 0 saturated heterocycles. The number of hydrogen-bond acceptors (Lipinski definition) is 3. The van der Waals surface area contributed by atoms with Gasteiger partial charge >= 0.3 is 5.97 Å². The lowest BCUT2D eigenvalue weighted by atomic mass is 9.96. The van der Waals surface area contributed by atoms with E-state index in [1.54, 1.807) is 31.4 Å². The number of carboxylic acid groups (broad SMARTS) is 1. The summed E-state index contributed by atoms with van der Waals surface area (Å²) in [6.45, 7) is 2.43. The number of benzene rings is 2. The number of rotatable bonds is 8. The number of aliphatic carboxylic acids is 1. The predicted octanol–water partition coefficient (Wildman–Crippen LogP) is 3.89. The molecule has 0 saturated carbocycles. The summed E-state index contributed by atoms with van der Waals surface area (Å²) in [7, 11) is 1.57. The molecule has 0 fully saturated rings. The van der Waals surface area contributed by atoms with E-state index in [0.29, 0.717) is 18.8 Å². The van der Waals surface area contributed by atoms with E-state index < -0.39 is 11.9 Å². The molecule has 0 radical (unpaired) electrons. The van der Waals surface area contributed by atoms with Crippen LogP contribution >= 0.6 is 0 Å². The second-order valence-corrected chi connectivity index (χ2v) is 5.31. The quantitative estimate of drug-likeness (QED) is 0.803. The summed E-state index contributed by atoms with van der Waals surface area (Å²) in [5, 5.41) is 9.47. The molecule has 4 nitrogen and oxygen atoms in total. The molecule has 4 heteroatoms. The molecule has 122 valence electrons. The van der Waals surface area contributed by atoms with Crippen molar-refractivity contribution in [3.05, 3.63) is 59.7 Å². The Morgan fingerprint density at radius 1 is 1.13 bits per heavy atom. The maximum atomic E-state index is 11.5. The Morgan fingerprint density at radius 3 is 2.57 bits per heavy atom. The van der Waals surface area contributed by atoms with Crippen LogP contribution in [-0.4, -0.2) is 24.8 Å². The number of carboxylic acids is 1. The summed E-state index contributed by atoms with van der Waals surface area (Å²) in [5.41, 5.74) is 1.92. The summed E-state index contributed by atoms with van der Waals surface area (Å²) in [6.07, 6.45) is 1.34. The van der Waals surface area contributed by atoms with Gasteiger partial charge in [0, 0.05) is 0 Å². The Balaban J connectivity index is 2.01. The molecule has 0 heterocycles. The highest BCUT2D eigenvalue weighted by Gasteiger charge is 2.20. The first kappa shape index (κ1) is 16.9. The maximum absolute atomic E-state index is 11.5. The minimum atomic E-state index is -0.857. The second kappa shape index (κ2) is 8.22. The van der Waals surface area contributed by atoms with Gasteiger partial charge in [-0.25, -0.2) is 0 Å². The smallest absolute Gasteiger partial charge is 0.311 e. The zero-order valence-corrected chi connectivity index (χ0v) is 13.5. The highest BCUT2D eigenvalue weighted by Crippen LogP contribution is 2.24. The third-order valence-electron chi connectivity index (χ3n) is 3.78. The molecule has 1 atom stereocenters. The Bertz CT molecular complexity index is 651. The monoisotopic (exact) mass is 314 g/mol. The first-order valence-electron chi connectivity index (χ1n) is 7.72. The largest absolute Gasteiger partial charge is 0.497 e. The van der Waals surface area contributed by atoms with E-state index in [2.05, 4.69) is 6.92 Å². The fourth-order valence-corrected chi connectivity index (χ4v) is 2.44. The van der Waals surface area contributed by atoms with Crippen LogP contribution in [0.2, 0.25) is 0 Å². The highest BCUT2D eigenvalue weighted by atomic mass is 16.5. The number of ether oxygens (including phenoxy) is 2. The minimum absolute atomic E-state index is 0.349. The zero-order valence-electron chi connectivity index (χ0n) is 13.5. The molecule has 1 N–H and O–H groups in total. The summed E-state index contributed by atoms with van der Waals surface area (Å²) < 4.78 is 10.9. The molecular formula is C19H22O4. The standard InChI is InChI=1S/C19H22O4/c1-3-14-6-4-9-17(12-14)23-11-10-18(19(20)21)15-7-5-8-16(13-15)22-2/h4-9,12-13,18H,3,10-11H2,1-2H3,(H,20,21). The summed E-state index contributed by atoms with van der Waals surface area (Å²) in [6, 6.07) is 15.0. The molecule has 0 aromatic heterocycles. The second-order valence-electron chi connectivity index (χ2n) is 5.31. The summed E-state index contributed by atoms with van der Waals surface area (Å²) in [4.78, 5) is 11.5. The van der Waals surface area contributed by atoms with E-state index in [0.717, 1.165) is 17.7 Å². The van der Waals surface area contributed by atoms with Gasteiger partial charge in [0.25, 0.3) is 0 Å². The molecule has 0 aliphatic carbocycles. The van der Waals surface area contributed by atoms with Crippen molar-refractivity contribution in [2.24, 2.45) is 0 Å². The Morgan fingerprint density at radius 2 is 1.87 bits per heavy atom. The number of hydrogen-bond donors (Lipinski definition) is 1. The van der Waals surface area contributed by atoms with Crippen molar-refractivity contribution < 1.29 is 19.4 Å². The van der Waals surface area contributed by atoms with Gasteiger partial charge in [-0.05, 0) is 48.2 Å². The Kier molecular flexibility index (Phi) is 6.03. The topological polar surface area (TPSA) is 55.8 Å². The fraction of sp³-hybridized carbons (Fsp3) is 0.316. The van der Waals surface area contributed by atoms with Crippen LogP contribution in [0.25, 0.3) is 0 Å². The Hall–Kier alpha value is -2.49. The SMILES string of the molecule is CCc1cccc(OCCC(C(=O)O)c2cccc(OC)c2)c1. The van der Waals surface area contributed by atoms with Gasteiger partial charge in [-0.2, -0.15) is 0 Å². The van der Waals surface area contributed by atoms with E-state index in [-0.39, 0.29) is 0 Å². The van der Waals surface area contributed by atoms with Crippen molar-refractivity contribution in [2.45, 2.75) is 25.7 Å². The molecule has 0 aliphatic heterocycles. The molecule has 0 spiro atoms. The third-order valence-corrected chi connectivity index (χ3v) is 3.78. The van der Waals surface area contributed by atoms with Crippen molar-refractivity contribution in [3.63, 3.8) is 0 Å². The van der Waals surface area contributed by atoms with Gasteiger partial charge < -0.3 is 14.6 Å². The highest BCUT2D eigenvalue weighted by molar-refractivity contribution is 5.76. The van der Waals surface area contributed by atoms with Gasteiger partial charge in [-0.3, -0.25) is 4.79 Å². The predicted molar refractivity (Wildman–Crippen MR) is 89.3 cm³/mol. The lowest BCUT2D eigenvalue weighted by molar-refractivity contribution is -0.139. The van der Waals surface area contributed by atoms with Gasteiger partial charge in [-0.15, -0.1) is 0 Å². The Labute approximate surface area is 136 Å². The van der Waals surface area contributed by atoms with E-state index >= 15 is 0 Å². The van der Waals surface area contributed by atoms with Crippen LogP contribution in [0.15, 0.2) is 48.5 Å². The number of aryl methyl sites for hydroxylation is 1. The molecule has 0 bridgehead atoms. The van der Waals surface area contributed by atoms with Crippen LogP contribution in [0.3, 0.4) is 0 Å². The third kappa shape index (κ3) is 4.74. The van der Waals surface area contributed by atoms with E-state index in [1.165, 1.54) is 5.56 Å². The van der Waals surface area contributed by atoms with Crippen LogP contribution in [0.5, 0.6) is 11.5 Å². The van der Waals surface area contributed by atoms with Gasteiger partial charge in [0.05, 0.1) is 19.6 Å². The maximum Gasteiger partial charge on any atom is 0.311 e. The van der Waals surface area contributed by atoms with Gasteiger partial charge in [0.1, 0.15) is 11.5 Å². The van der Waals surface area contributed by atoms with Crippen LogP contribution < -0.4 is 9.47 Å². The van der Waals surface area contributed by atoms with Crippen molar-refractivity contribution >= 4 is 5.97 Å². The first-order chi connectivity index (χ1) is 11.1. The summed E-state index contributed by atoms with van der Waals surface area (Å²) in [5.74, 6) is -0.0342. The summed E-state index contributed by atoms with van der Waals surface area (Å²) >= 11 is 0. The molecule has 0 amide bonds. The first-order valence-corrected chi connectivity index (χ1v) is 7.72. The average molecular weight is 314 g/mol. The average Bonchev–Trinajstić information content (AvgIpc) is 2.58. The zero-order chi connectivity index (χ0) is 16.7. The van der Waals surface area contributed by atoms with Crippen LogP contribution in [0, 0.1) is 0 Å². The van der Waals surface area contributed by atoms with Crippen molar-refractivity contribution in [1.82, 2.24) is 0 Å². The lowest BCUT2D eigenvalue weighted by Crippen LogP contribution is -2.15. The van der Waals surface area contributed by atoms with E-state index in [9.17, 15) is 9.90 Å². The number of carbonyl (C=O) groups is 1. The van der Waals surface area contributed by atoms with Crippen LogP contribution in [0.1, 0.15) is 30.4 Å². The van der Waals surface area contributed by atoms with E-state index in [4.69, 9.17) is 9.47 Å². The van der Waals surface area contributed by atoms with Gasteiger partial charge in [-0.1, -0.05) is 31.2 Å². The molecule has 1 unspecified atom stereocenters. The fourth-order valence-electron chi connectivity index (χ4n) is 2.44. The van der Waals surface area contributed by atoms with Crippen molar-refractivity contribution in [3.8, 4) is 11.5 Å². The van der Waals surface area contributed by atoms with Crippen molar-refractivity contribution in [1.29, 1.82) is 0 Å². The van der Waals surface area contributed by atoms with E-state index in [1.807, 2.05) is 24.3 Å². The van der Waals surface area contributed by atoms with Crippen LogP contribution in [0.4, 0.5) is 0 Å². The molecule has 2 aromatic rings. The molecular weight excluding hydrogens is 292 g/mol. The van der Waals surface area contributed by atoms with Gasteiger partial charge in [0.2, 0.25) is 0 Å². The molecule has 2 aromatic carbocycles. The minimum Gasteiger partial charge on any atom is -0.497 e. The molecule has 2 rings (SSSR count). The van der Waals surface area contributed by atoms with Crippen molar-refractivity contribution in [2.75, 3.05) is 13.7 Å². The molecule has 23 heavy (non-hydrogen) atoms. The van der Waals surface area contributed by atoms with Gasteiger partial charge in [0.15, 0.2) is 0 Å². The van der Waals surface area contributed by atoms with Crippen LogP contribution in [-0.2, 0) is 11.2 Å². The lowest BCUT2D eigenvalue weighted by Gasteiger charge is -2.14. The number of methoxy groups -OCH3 is 1. The molecule has 0 aliphatic rings. The normalized spacial score (nSPS) is 11.7.